The summed E-state index contributed by atoms with van der Waals surface area (Å²) in [4.78, 5) is 3.86. The fourth-order valence-electron chi connectivity index (χ4n) is 4.53. The predicted octanol–water partition coefficient (Wildman–Crippen LogP) is 3.18. The Balaban J connectivity index is 1.56. The maximum Gasteiger partial charge on any atom is 0.105 e. The Morgan fingerprint density at radius 1 is 1.42 bits per heavy atom. The van der Waals surface area contributed by atoms with Gasteiger partial charge in [0.25, 0.3) is 0 Å². The molecule has 2 fully saturated rings. The van der Waals surface area contributed by atoms with E-state index in [9.17, 15) is 5.11 Å². The van der Waals surface area contributed by atoms with Crippen LogP contribution in [-0.2, 0) is 28.1 Å². The molecule has 0 saturated carbocycles. The summed E-state index contributed by atoms with van der Waals surface area (Å²) in [5.74, 6) is 0. The van der Waals surface area contributed by atoms with Crippen LogP contribution in [0.25, 0.3) is 0 Å². The molecule has 1 aromatic heterocycles. The largest absolute Gasteiger partial charge is 0.392 e. The van der Waals surface area contributed by atoms with Gasteiger partial charge in [-0.1, -0.05) is 18.5 Å². The maximum absolute atomic E-state index is 9.67. The molecule has 134 valence electrons. The molecule has 2 atom stereocenters. The van der Waals surface area contributed by atoms with Crippen LogP contribution < -0.4 is 0 Å². The first-order valence-corrected chi connectivity index (χ1v) is 10.0. The van der Waals surface area contributed by atoms with Crippen molar-refractivity contribution in [2.45, 2.75) is 51.4 Å². The molecule has 0 bridgehead atoms. The molecule has 1 aromatic rings. The Kier molecular flexibility index (Phi) is 4.47. The third-order valence-electron chi connectivity index (χ3n) is 5.91. The van der Waals surface area contributed by atoms with Crippen molar-refractivity contribution in [3.8, 4) is 0 Å². The van der Waals surface area contributed by atoms with Gasteiger partial charge in [-0.15, -0.1) is 11.3 Å². The van der Waals surface area contributed by atoms with E-state index in [0.717, 1.165) is 62.1 Å². The van der Waals surface area contributed by atoms with E-state index in [1.54, 1.807) is 11.3 Å². The lowest BCUT2D eigenvalue weighted by Crippen LogP contribution is -2.56. The highest BCUT2D eigenvalue weighted by Crippen LogP contribution is 2.50. The molecule has 0 aliphatic carbocycles. The number of likely N-dealkylation sites (tertiary alicyclic amines) is 1. The van der Waals surface area contributed by atoms with Gasteiger partial charge in [0.2, 0.25) is 0 Å². The maximum atomic E-state index is 9.67. The van der Waals surface area contributed by atoms with E-state index in [-0.39, 0.29) is 12.2 Å². The number of ether oxygens (including phenoxy) is 2. The minimum absolute atomic E-state index is 0.0286. The molecule has 1 spiro atoms. The highest BCUT2D eigenvalue weighted by Gasteiger charge is 2.47. The monoisotopic (exact) mass is 371 g/mol. The number of halogens is 1. The number of nitrogens with zero attached hydrogens (tertiary/aromatic N) is 1. The van der Waals surface area contributed by atoms with Crippen LogP contribution in [-0.4, -0.2) is 49.0 Å². The average molecular weight is 372 g/mol. The zero-order valence-electron chi connectivity index (χ0n) is 14.4. The number of thiophene rings is 1. The van der Waals surface area contributed by atoms with E-state index in [2.05, 4.69) is 18.7 Å². The molecule has 4 heterocycles. The molecule has 0 amide bonds. The molecule has 3 aliphatic heterocycles. The molecular formula is C18H26ClNO3S. The number of hydrogen-bond acceptors (Lipinski definition) is 5. The number of fused-ring (bicyclic) bond motifs is 2. The fourth-order valence-corrected chi connectivity index (χ4v) is 6.20. The van der Waals surface area contributed by atoms with Crippen LogP contribution in [0.5, 0.6) is 0 Å². The summed E-state index contributed by atoms with van der Waals surface area (Å²) < 4.78 is 12.5. The third kappa shape index (κ3) is 2.74. The van der Waals surface area contributed by atoms with Gasteiger partial charge < -0.3 is 14.6 Å². The highest BCUT2D eigenvalue weighted by atomic mass is 35.5. The van der Waals surface area contributed by atoms with Gasteiger partial charge in [-0.3, -0.25) is 4.90 Å². The van der Waals surface area contributed by atoms with E-state index < -0.39 is 0 Å². The lowest BCUT2D eigenvalue weighted by atomic mass is 9.79. The second kappa shape index (κ2) is 6.22. The van der Waals surface area contributed by atoms with Gasteiger partial charge in [0.15, 0.2) is 0 Å². The second-order valence-electron chi connectivity index (χ2n) is 7.99. The quantitative estimate of drug-likeness (QED) is 0.886. The lowest BCUT2D eigenvalue weighted by molar-refractivity contribution is -0.144. The van der Waals surface area contributed by atoms with E-state index in [4.69, 9.17) is 21.1 Å². The second-order valence-corrected chi connectivity index (χ2v) is 9.61. The summed E-state index contributed by atoms with van der Waals surface area (Å²) in [7, 11) is 0. The molecule has 3 aliphatic rings. The molecule has 4 nitrogen and oxygen atoms in total. The Morgan fingerprint density at radius 2 is 2.21 bits per heavy atom. The van der Waals surface area contributed by atoms with Crippen LogP contribution in [0.15, 0.2) is 0 Å². The first-order valence-electron chi connectivity index (χ1n) is 8.83. The van der Waals surface area contributed by atoms with Crippen molar-refractivity contribution in [3.05, 3.63) is 20.3 Å². The van der Waals surface area contributed by atoms with E-state index in [0.29, 0.717) is 11.5 Å². The standard InChI is InChI=1S/C18H26ClNO3S/c1-12-7-18(4-5-20(12)9-17(2)10-22-11-17)15-13(3-6-23-18)14(8-21)16(19)24-15/h12,21H,3-11H2,1-2H3/t12-,18+/m0/s1. The zero-order valence-corrected chi connectivity index (χ0v) is 16.0. The Bertz CT molecular complexity index is 630. The molecule has 2 saturated heterocycles. The Morgan fingerprint density at radius 3 is 2.83 bits per heavy atom. The zero-order chi connectivity index (χ0) is 16.9. The van der Waals surface area contributed by atoms with Crippen molar-refractivity contribution in [1.29, 1.82) is 0 Å². The number of rotatable bonds is 3. The normalized spacial score (nSPS) is 32.6. The van der Waals surface area contributed by atoms with Crippen LogP contribution in [0, 0.1) is 5.41 Å². The van der Waals surface area contributed by atoms with Crippen LogP contribution in [0.4, 0.5) is 0 Å². The Labute approximate surface area is 152 Å². The third-order valence-corrected chi connectivity index (χ3v) is 7.61. The summed E-state index contributed by atoms with van der Waals surface area (Å²) in [6.45, 7) is 9.28. The topological polar surface area (TPSA) is 41.9 Å². The van der Waals surface area contributed by atoms with Crippen LogP contribution in [0.2, 0.25) is 4.34 Å². The summed E-state index contributed by atoms with van der Waals surface area (Å²) in [5, 5.41) is 9.67. The van der Waals surface area contributed by atoms with Gasteiger partial charge in [0, 0.05) is 35.0 Å². The van der Waals surface area contributed by atoms with Gasteiger partial charge in [0.05, 0.1) is 30.8 Å². The first-order chi connectivity index (χ1) is 11.5. The van der Waals surface area contributed by atoms with Crippen LogP contribution >= 0.6 is 22.9 Å². The van der Waals surface area contributed by atoms with Crippen molar-refractivity contribution in [2.24, 2.45) is 5.41 Å². The molecule has 1 N–H and O–H groups in total. The number of hydrogen-bond donors (Lipinski definition) is 1. The number of piperidine rings is 1. The van der Waals surface area contributed by atoms with E-state index in [1.165, 1.54) is 10.4 Å². The van der Waals surface area contributed by atoms with Gasteiger partial charge >= 0.3 is 0 Å². The summed E-state index contributed by atoms with van der Waals surface area (Å²) >= 11 is 8.02. The van der Waals surface area contributed by atoms with Gasteiger partial charge in [-0.2, -0.15) is 0 Å². The minimum Gasteiger partial charge on any atom is -0.392 e. The van der Waals surface area contributed by atoms with Crippen molar-refractivity contribution in [3.63, 3.8) is 0 Å². The van der Waals surface area contributed by atoms with Gasteiger partial charge in [0.1, 0.15) is 5.60 Å². The molecule has 0 aromatic carbocycles. The Hall–Kier alpha value is -0.170. The summed E-state index contributed by atoms with van der Waals surface area (Å²) in [6, 6.07) is 0.473. The van der Waals surface area contributed by atoms with Crippen molar-refractivity contribution in [1.82, 2.24) is 4.90 Å². The fraction of sp³-hybridized carbons (Fsp3) is 0.778. The molecule has 24 heavy (non-hydrogen) atoms. The van der Waals surface area contributed by atoms with Gasteiger partial charge in [-0.05, 0) is 31.7 Å². The van der Waals surface area contributed by atoms with E-state index >= 15 is 0 Å². The molecule has 0 unspecified atom stereocenters. The van der Waals surface area contributed by atoms with Crippen molar-refractivity contribution >= 4 is 22.9 Å². The highest BCUT2D eigenvalue weighted by molar-refractivity contribution is 7.16. The SMILES string of the molecule is C[C@H]1C[C@@]2(CCN1CC1(C)COC1)OCCc1c2sc(Cl)c1CO. The average Bonchev–Trinajstić information content (AvgIpc) is 2.86. The summed E-state index contributed by atoms with van der Waals surface area (Å²) in [5.41, 5.74) is 2.28. The predicted molar refractivity (Wildman–Crippen MR) is 95.8 cm³/mol. The minimum atomic E-state index is -0.206. The number of aliphatic hydroxyl groups excluding tert-OH is 1. The molecule has 0 radical (unpaired) electrons. The van der Waals surface area contributed by atoms with Crippen LogP contribution in [0.1, 0.15) is 42.7 Å². The smallest absolute Gasteiger partial charge is 0.105 e. The number of aliphatic hydroxyl groups is 1. The van der Waals surface area contributed by atoms with E-state index in [1.807, 2.05) is 0 Å². The van der Waals surface area contributed by atoms with Crippen LogP contribution in [0.3, 0.4) is 0 Å². The van der Waals surface area contributed by atoms with Gasteiger partial charge in [-0.25, -0.2) is 0 Å². The first kappa shape index (κ1) is 17.3. The molecule has 6 heteroatoms. The molecule has 4 rings (SSSR count). The van der Waals surface area contributed by atoms with Crippen molar-refractivity contribution in [2.75, 3.05) is 32.9 Å². The van der Waals surface area contributed by atoms with Crippen molar-refractivity contribution < 1.29 is 14.6 Å². The summed E-state index contributed by atoms with van der Waals surface area (Å²) in [6.07, 6.45) is 2.87. The molecular weight excluding hydrogens is 346 g/mol. The lowest BCUT2D eigenvalue weighted by Gasteiger charge is -2.50.